The normalized spacial score (nSPS) is 12.0. The minimum Gasteiger partial charge on any atom is -0.467 e. The first kappa shape index (κ1) is 30.1. The third-order valence-corrected chi connectivity index (χ3v) is 6.51. The van der Waals surface area contributed by atoms with Crippen LogP contribution in [0.2, 0.25) is 0 Å². The van der Waals surface area contributed by atoms with E-state index in [0.29, 0.717) is 5.56 Å². The summed E-state index contributed by atoms with van der Waals surface area (Å²) in [6.07, 6.45) is 0. The number of hydrogen-bond acceptors (Lipinski definition) is 10. The van der Waals surface area contributed by atoms with Crippen LogP contribution in [-0.4, -0.2) is 65.9 Å². The summed E-state index contributed by atoms with van der Waals surface area (Å²) in [5.74, 6) is -3.51. The number of nitro benzene ring substituents is 1. The Morgan fingerprint density at radius 1 is 0.837 bits per heavy atom. The maximum atomic E-state index is 13.4. The molecule has 0 fully saturated rings. The Bertz CT molecular complexity index is 1670. The largest absolute Gasteiger partial charge is 0.467 e. The van der Waals surface area contributed by atoms with E-state index >= 15 is 0 Å². The molecule has 0 radical (unpaired) electrons. The summed E-state index contributed by atoms with van der Waals surface area (Å²) >= 11 is 0. The molecule has 1 amide bonds. The van der Waals surface area contributed by atoms with Gasteiger partial charge in [-0.15, -0.1) is 0 Å². The second kappa shape index (κ2) is 13.2. The Morgan fingerprint density at radius 2 is 1.47 bits per heavy atom. The number of amides is 1. The highest BCUT2D eigenvalue weighted by Gasteiger charge is 2.40. The molecule has 0 unspecified atom stereocenters. The third-order valence-electron chi connectivity index (χ3n) is 6.51. The van der Waals surface area contributed by atoms with Gasteiger partial charge in [0.15, 0.2) is 11.7 Å². The van der Waals surface area contributed by atoms with Crippen LogP contribution in [0, 0.1) is 10.1 Å². The molecule has 1 aromatic heterocycles. The molecule has 0 saturated heterocycles. The molecule has 0 spiro atoms. The molecule has 1 N–H and O–H groups in total. The van der Waals surface area contributed by atoms with E-state index in [4.69, 9.17) is 14.2 Å². The van der Waals surface area contributed by atoms with Crippen molar-refractivity contribution >= 4 is 29.5 Å². The average Bonchev–Trinajstić information content (AvgIpc) is 3.44. The number of non-ortho nitro benzene ring substituents is 1. The van der Waals surface area contributed by atoms with Crippen molar-refractivity contribution in [3.05, 3.63) is 117 Å². The molecule has 1 heterocycles. The first-order chi connectivity index (χ1) is 20.7. The SMILES string of the molecule is COC(=O)c1nn([C@H](c2ccccc2)[C@@H](NC(=O)c2ccccc2)C(=O)OC)c(-c2cccc([N+](=O)[O-])c2)c1C(=O)OC. The quantitative estimate of drug-likeness (QED) is 0.125. The van der Waals surface area contributed by atoms with E-state index < -0.39 is 46.5 Å². The lowest BCUT2D eigenvalue weighted by molar-refractivity contribution is -0.384. The number of nitrogens with one attached hydrogen (secondary N) is 1. The molecule has 4 rings (SSSR count). The van der Waals surface area contributed by atoms with Crippen LogP contribution in [-0.2, 0) is 19.0 Å². The van der Waals surface area contributed by atoms with E-state index in [2.05, 4.69) is 10.4 Å². The molecule has 0 saturated carbocycles. The van der Waals surface area contributed by atoms with Crippen molar-refractivity contribution in [1.29, 1.82) is 0 Å². The van der Waals surface area contributed by atoms with Gasteiger partial charge in [-0.1, -0.05) is 60.7 Å². The van der Waals surface area contributed by atoms with Gasteiger partial charge in [-0.25, -0.2) is 14.4 Å². The number of nitrogens with zero attached hydrogens (tertiary/aromatic N) is 3. The highest BCUT2D eigenvalue weighted by molar-refractivity contribution is 6.06. The predicted octanol–water partition coefficient (Wildman–Crippen LogP) is 3.59. The number of esters is 3. The highest BCUT2D eigenvalue weighted by Crippen LogP contribution is 2.36. The van der Waals surface area contributed by atoms with Gasteiger partial charge in [-0.3, -0.25) is 19.6 Å². The van der Waals surface area contributed by atoms with Crippen LogP contribution >= 0.6 is 0 Å². The minimum atomic E-state index is -1.48. The second-order valence-corrected chi connectivity index (χ2v) is 9.00. The van der Waals surface area contributed by atoms with Crippen molar-refractivity contribution in [3.8, 4) is 11.3 Å². The van der Waals surface area contributed by atoms with Gasteiger partial charge >= 0.3 is 17.9 Å². The van der Waals surface area contributed by atoms with E-state index in [1.807, 2.05) is 0 Å². The van der Waals surface area contributed by atoms with Crippen LogP contribution in [0.25, 0.3) is 11.3 Å². The molecule has 220 valence electrons. The molecule has 0 aliphatic carbocycles. The standard InChI is InChI=1S/C30H26N4O9/c1-41-28(36)22-23(29(37)42-2)32-33(25(22)20-15-10-16-21(17-20)34(39)40)26(18-11-6-4-7-12-18)24(30(38)43-3)31-27(35)19-13-8-5-9-14-19/h4-17,24,26H,1-3H3,(H,31,35)/t24-,26-/m1/s1. The number of nitro groups is 1. The van der Waals surface area contributed by atoms with E-state index in [-0.39, 0.29) is 28.1 Å². The highest BCUT2D eigenvalue weighted by atomic mass is 16.6. The Labute approximate surface area is 245 Å². The summed E-state index contributed by atoms with van der Waals surface area (Å²) in [6, 6.07) is 19.0. The molecule has 2 atom stereocenters. The lowest BCUT2D eigenvalue weighted by Gasteiger charge is -2.28. The summed E-state index contributed by atoms with van der Waals surface area (Å²) in [4.78, 5) is 63.9. The Morgan fingerprint density at radius 3 is 2.05 bits per heavy atom. The zero-order valence-corrected chi connectivity index (χ0v) is 23.3. The van der Waals surface area contributed by atoms with Crippen molar-refractivity contribution in [2.24, 2.45) is 0 Å². The molecule has 13 heteroatoms. The number of rotatable bonds is 10. The van der Waals surface area contributed by atoms with Gasteiger partial charge in [0.1, 0.15) is 11.6 Å². The fourth-order valence-electron chi connectivity index (χ4n) is 4.55. The van der Waals surface area contributed by atoms with E-state index in [1.54, 1.807) is 60.7 Å². The van der Waals surface area contributed by atoms with Gasteiger partial charge in [0, 0.05) is 23.3 Å². The molecule has 43 heavy (non-hydrogen) atoms. The molecular formula is C30H26N4O9. The fourth-order valence-corrected chi connectivity index (χ4v) is 4.55. The smallest absolute Gasteiger partial charge is 0.359 e. The van der Waals surface area contributed by atoms with Gasteiger partial charge in [-0.05, 0) is 17.7 Å². The molecule has 4 aromatic rings. The number of aromatic nitrogens is 2. The zero-order valence-electron chi connectivity index (χ0n) is 23.3. The Balaban J connectivity index is 2.08. The number of carbonyl (C=O) groups excluding carboxylic acids is 4. The van der Waals surface area contributed by atoms with Crippen molar-refractivity contribution in [1.82, 2.24) is 15.1 Å². The molecule has 0 bridgehead atoms. The second-order valence-electron chi connectivity index (χ2n) is 9.00. The van der Waals surface area contributed by atoms with Crippen LogP contribution in [0.15, 0.2) is 84.9 Å². The average molecular weight is 587 g/mol. The fraction of sp³-hybridized carbons (Fsp3) is 0.167. The van der Waals surface area contributed by atoms with Crippen molar-refractivity contribution in [2.45, 2.75) is 12.1 Å². The van der Waals surface area contributed by atoms with Gasteiger partial charge in [0.05, 0.1) is 31.9 Å². The Kier molecular flexibility index (Phi) is 9.25. The van der Waals surface area contributed by atoms with Crippen LogP contribution in [0.3, 0.4) is 0 Å². The summed E-state index contributed by atoms with van der Waals surface area (Å²) in [5, 5.41) is 18.8. The first-order valence-electron chi connectivity index (χ1n) is 12.7. The van der Waals surface area contributed by atoms with E-state index in [9.17, 15) is 29.3 Å². The predicted molar refractivity (Wildman–Crippen MR) is 151 cm³/mol. The topological polar surface area (TPSA) is 169 Å². The lowest BCUT2D eigenvalue weighted by Crippen LogP contribution is -2.48. The molecule has 3 aromatic carbocycles. The monoisotopic (exact) mass is 586 g/mol. The summed E-state index contributed by atoms with van der Waals surface area (Å²) < 4.78 is 16.1. The van der Waals surface area contributed by atoms with Gasteiger partial charge in [0.2, 0.25) is 0 Å². The lowest BCUT2D eigenvalue weighted by atomic mass is 9.97. The third kappa shape index (κ3) is 6.25. The zero-order chi connectivity index (χ0) is 31.1. The molecule has 0 aliphatic heterocycles. The van der Waals surface area contributed by atoms with Crippen molar-refractivity contribution < 1.29 is 38.3 Å². The molecule has 0 aliphatic rings. The van der Waals surface area contributed by atoms with E-state index in [1.165, 1.54) is 28.9 Å². The summed E-state index contributed by atoms with van der Waals surface area (Å²) in [7, 11) is 3.31. The van der Waals surface area contributed by atoms with Gasteiger partial charge < -0.3 is 19.5 Å². The maximum Gasteiger partial charge on any atom is 0.359 e. The van der Waals surface area contributed by atoms with Crippen LogP contribution in [0.1, 0.15) is 42.8 Å². The minimum absolute atomic E-state index is 0.0937. The first-order valence-corrected chi connectivity index (χ1v) is 12.7. The number of methoxy groups -OCH3 is 3. The van der Waals surface area contributed by atoms with Crippen LogP contribution in [0.5, 0.6) is 0 Å². The van der Waals surface area contributed by atoms with E-state index in [0.717, 1.165) is 21.3 Å². The Hall–Kier alpha value is -5.85. The maximum absolute atomic E-state index is 13.4. The number of ether oxygens (including phenoxy) is 3. The molecular weight excluding hydrogens is 560 g/mol. The van der Waals surface area contributed by atoms with Crippen LogP contribution in [0.4, 0.5) is 5.69 Å². The number of hydrogen-bond donors (Lipinski definition) is 1. The number of benzene rings is 3. The summed E-state index contributed by atoms with van der Waals surface area (Å²) in [6.45, 7) is 0. The molecule has 13 nitrogen and oxygen atoms in total. The van der Waals surface area contributed by atoms with Crippen molar-refractivity contribution in [2.75, 3.05) is 21.3 Å². The number of carbonyl (C=O) groups is 4. The van der Waals surface area contributed by atoms with Gasteiger partial charge in [0.25, 0.3) is 11.6 Å². The van der Waals surface area contributed by atoms with Crippen molar-refractivity contribution in [3.63, 3.8) is 0 Å². The van der Waals surface area contributed by atoms with Crippen LogP contribution < -0.4 is 5.32 Å². The van der Waals surface area contributed by atoms with Gasteiger partial charge in [-0.2, -0.15) is 5.10 Å². The summed E-state index contributed by atoms with van der Waals surface area (Å²) in [5.41, 5.74) is -0.521.